The highest BCUT2D eigenvalue weighted by Crippen LogP contribution is 2.38. The van der Waals surface area contributed by atoms with Crippen LogP contribution in [-0.2, 0) is 17.6 Å². The number of benzene rings is 1. The molecule has 0 saturated carbocycles. The molecule has 0 bridgehead atoms. The Kier molecular flexibility index (Phi) is 3.01. The first-order valence-corrected chi connectivity index (χ1v) is 7.11. The van der Waals surface area contributed by atoms with Crippen molar-refractivity contribution in [1.29, 1.82) is 0 Å². The summed E-state index contributed by atoms with van der Waals surface area (Å²) in [5, 5.41) is 7.54. The van der Waals surface area contributed by atoms with Crippen LogP contribution in [0, 0.1) is 0 Å². The van der Waals surface area contributed by atoms with Crippen molar-refractivity contribution in [2.24, 2.45) is 0 Å². The maximum atomic E-state index is 5.44. The van der Waals surface area contributed by atoms with Crippen LogP contribution >= 0.6 is 0 Å². The Morgan fingerprint density at radius 2 is 2.25 bits per heavy atom. The van der Waals surface area contributed by atoms with Crippen LogP contribution in [0.2, 0.25) is 0 Å². The molecule has 2 heterocycles. The minimum absolute atomic E-state index is 0.283. The summed E-state index contributed by atoms with van der Waals surface area (Å²) < 4.78 is 10.8. The SMILES string of the molecule is c1ccc2c(c1)CC2c1noc(CC2COCCN2)n1. The van der Waals surface area contributed by atoms with Crippen molar-refractivity contribution >= 4 is 0 Å². The average Bonchev–Trinajstić information content (AvgIpc) is 2.89. The quantitative estimate of drug-likeness (QED) is 0.911. The minimum Gasteiger partial charge on any atom is -0.378 e. The molecular formula is C15H17N3O2. The summed E-state index contributed by atoms with van der Waals surface area (Å²) in [5.74, 6) is 1.82. The van der Waals surface area contributed by atoms with E-state index >= 15 is 0 Å². The van der Waals surface area contributed by atoms with E-state index < -0.39 is 0 Å². The molecule has 1 aliphatic heterocycles. The van der Waals surface area contributed by atoms with Gasteiger partial charge in [0.1, 0.15) is 0 Å². The van der Waals surface area contributed by atoms with E-state index in [4.69, 9.17) is 9.26 Å². The molecule has 1 N–H and O–H groups in total. The predicted molar refractivity (Wildman–Crippen MR) is 72.6 cm³/mol. The van der Waals surface area contributed by atoms with E-state index in [1.807, 2.05) is 0 Å². The second kappa shape index (κ2) is 5.00. The highest BCUT2D eigenvalue weighted by Gasteiger charge is 2.31. The van der Waals surface area contributed by atoms with E-state index in [0.717, 1.165) is 31.8 Å². The van der Waals surface area contributed by atoms with Crippen molar-refractivity contribution in [3.8, 4) is 0 Å². The summed E-state index contributed by atoms with van der Waals surface area (Å²) in [6.07, 6.45) is 1.75. The van der Waals surface area contributed by atoms with Gasteiger partial charge in [0.25, 0.3) is 0 Å². The van der Waals surface area contributed by atoms with Crippen molar-refractivity contribution in [3.05, 3.63) is 47.1 Å². The predicted octanol–water partition coefficient (Wildman–Crippen LogP) is 1.29. The van der Waals surface area contributed by atoms with Gasteiger partial charge in [-0.15, -0.1) is 0 Å². The number of rotatable bonds is 3. The van der Waals surface area contributed by atoms with Crippen molar-refractivity contribution in [1.82, 2.24) is 15.5 Å². The topological polar surface area (TPSA) is 60.2 Å². The van der Waals surface area contributed by atoms with Crippen LogP contribution in [-0.4, -0.2) is 35.9 Å². The number of ether oxygens (including phenoxy) is 1. The zero-order valence-corrected chi connectivity index (χ0v) is 11.2. The monoisotopic (exact) mass is 271 g/mol. The molecule has 2 atom stereocenters. The number of aromatic nitrogens is 2. The van der Waals surface area contributed by atoms with E-state index in [9.17, 15) is 0 Å². The van der Waals surface area contributed by atoms with E-state index in [1.54, 1.807) is 0 Å². The van der Waals surface area contributed by atoms with Gasteiger partial charge in [-0.2, -0.15) is 4.98 Å². The smallest absolute Gasteiger partial charge is 0.228 e. The molecule has 1 fully saturated rings. The fraction of sp³-hybridized carbons (Fsp3) is 0.467. The van der Waals surface area contributed by atoms with Gasteiger partial charge >= 0.3 is 0 Å². The molecule has 2 unspecified atom stereocenters. The lowest BCUT2D eigenvalue weighted by Crippen LogP contribution is -2.42. The van der Waals surface area contributed by atoms with Gasteiger partial charge in [0.05, 0.1) is 19.1 Å². The average molecular weight is 271 g/mol. The minimum atomic E-state index is 0.283. The summed E-state index contributed by atoms with van der Waals surface area (Å²) in [6.45, 7) is 2.38. The first-order chi connectivity index (χ1) is 9.90. The molecule has 0 radical (unpaired) electrons. The number of nitrogens with zero attached hydrogens (tertiary/aromatic N) is 2. The van der Waals surface area contributed by atoms with E-state index in [-0.39, 0.29) is 6.04 Å². The van der Waals surface area contributed by atoms with Crippen LogP contribution in [0.3, 0.4) is 0 Å². The Balaban J connectivity index is 1.46. The molecule has 20 heavy (non-hydrogen) atoms. The van der Waals surface area contributed by atoms with Crippen molar-refractivity contribution in [2.75, 3.05) is 19.8 Å². The molecule has 0 spiro atoms. The zero-order valence-electron chi connectivity index (χ0n) is 11.2. The third-order valence-electron chi connectivity index (χ3n) is 4.07. The van der Waals surface area contributed by atoms with Crippen molar-refractivity contribution < 1.29 is 9.26 Å². The number of nitrogens with one attached hydrogen (secondary N) is 1. The molecule has 1 saturated heterocycles. The molecule has 1 aromatic carbocycles. The van der Waals surface area contributed by atoms with Gasteiger partial charge in [0.2, 0.25) is 5.89 Å². The Hall–Kier alpha value is -1.72. The van der Waals surface area contributed by atoms with Gasteiger partial charge in [-0.25, -0.2) is 0 Å². The Bertz CT molecular complexity index is 605. The van der Waals surface area contributed by atoms with Crippen LogP contribution < -0.4 is 5.32 Å². The summed E-state index contributed by atoms with van der Waals surface area (Å²) >= 11 is 0. The van der Waals surface area contributed by atoms with Crippen LogP contribution in [0.1, 0.15) is 28.8 Å². The molecule has 5 heteroatoms. The maximum absolute atomic E-state index is 5.44. The molecule has 1 aliphatic carbocycles. The zero-order chi connectivity index (χ0) is 13.4. The summed E-state index contributed by atoms with van der Waals surface area (Å²) in [5.41, 5.74) is 2.73. The van der Waals surface area contributed by atoms with Gasteiger partial charge < -0.3 is 14.6 Å². The summed E-state index contributed by atoms with van der Waals surface area (Å²) in [4.78, 5) is 4.55. The van der Waals surface area contributed by atoms with Crippen molar-refractivity contribution in [2.45, 2.75) is 24.8 Å². The number of hydrogen-bond acceptors (Lipinski definition) is 5. The van der Waals surface area contributed by atoms with Crippen LogP contribution in [0.5, 0.6) is 0 Å². The highest BCUT2D eigenvalue weighted by atomic mass is 16.5. The lowest BCUT2D eigenvalue weighted by atomic mass is 9.77. The third-order valence-corrected chi connectivity index (χ3v) is 4.07. The maximum Gasteiger partial charge on any atom is 0.228 e. The van der Waals surface area contributed by atoms with Crippen LogP contribution in [0.4, 0.5) is 0 Å². The van der Waals surface area contributed by atoms with Gasteiger partial charge in [0.15, 0.2) is 5.82 Å². The Morgan fingerprint density at radius 3 is 3.10 bits per heavy atom. The molecule has 104 valence electrons. The fourth-order valence-corrected chi connectivity index (χ4v) is 2.94. The van der Waals surface area contributed by atoms with Gasteiger partial charge in [-0.1, -0.05) is 29.4 Å². The van der Waals surface area contributed by atoms with E-state index in [0.29, 0.717) is 18.4 Å². The first kappa shape index (κ1) is 12.1. The standard InChI is InChI=1S/C15H17N3O2/c1-2-4-12-10(3-1)7-13(12)15-17-14(20-18-15)8-11-9-19-6-5-16-11/h1-4,11,13,16H,5-9H2. The Morgan fingerprint density at radius 1 is 1.30 bits per heavy atom. The molecule has 2 aromatic rings. The molecule has 5 nitrogen and oxygen atoms in total. The first-order valence-electron chi connectivity index (χ1n) is 7.11. The largest absolute Gasteiger partial charge is 0.378 e. The molecule has 2 aliphatic rings. The van der Waals surface area contributed by atoms with Crippen LogP contribution in [0.25, 0.3) is 0 Å². The summed E-state index contributed by atoms with van der Waals surface area (Å²) in [6, 6.07) is 8.73. The Labute approximate surface area is 117 Å². The number of hydrogen-bond donors (Lipinski definition) is 1. The normalized spacial score (nSPS) is 25.0. The summed E-state index contributed by atoms with van der Waals surface area (Å²) in [7, 11) is 0. The lowest BCUT2D eigenvalue weighted by molar-refractivity contribution is 0.0744. The molecule has 4 rings (SSSR count). The second-order valence-corrected chi connectivity index (χ2v) is 5.43. The lowest BCUT2D eigenvalue weighted by Gasteiger charge is -2.27. The fourth-order valence-electron chi connectivity index (χ4n) is 2.94. The molecule has 0 amide bonds. The highest BCUT2D eigenvalue weighted by molar-refractivity contribution is 5.43. The van der Waals surface area contributed by atoms with Gasteiger partial charge in [-0.05, 0) is 17.5 Å². The van der Waals surface area contributed by atoms with E-state index in [1.165, 1.54) is 11.1 Å². The van der Waals surface area contributed by atoms with Gasteiger partial charge in [0, 0.05) is 19.0 Å². The van der Waals surface area contributed by atoms with Gasteiger partial charge in [-0.3, -0.25) is 0 Å². The third kappa shape index (κ3) is 2.13. The van der Waals surface area contributed by atoms with Crippen LogP contribution in [0.15, 0.2) is 28.8 Å². The van der Waals surface area contributed by atoms with Crippen molar-refractivity contribution in [3.63, 3.8) is 0 Å². The van der Waals surface area contributed by atoms with E-state index in [2.05, 4.69) is 39.7 Å². The molecular weight excluding hydrogens is 254 g/mol. The molecule has 1 aromatic heterocycles. The number of fused-ring (bicyclic) bond motifs is 1. The second-order valence-electron chi connectivity index (χ2n) is 5.43. The number of morpholine rings is 1.